The number of aryl methyl sites for hydroxylation is 2. The third-order valence-corrected chi connectivity index (χ3v) is 18.7. The monoisotopic (exact) mass is 909 g/mol. The summed E-state index contributed by atoms with van der Waals surface area (Å²) < 4.78 is 0. The molecule has 4 unspecified atom stereocenters. The van der Waals surface area contributed by atoms with E-state index in [0.29, 0.717) is 0 Å². The number of rotatable bonds is 6. The first-order chi connectivity index (χ1) is 34.0. The van der Waals surface area contributed by atoms with E-state index < -0.39 is 0 Å². The van der Waals surface area contributed by atoms with E-state index in [1.807, 2.05) is 0 Å². The van der Waals surface area contributed by atoms with Gasteiger partial charge in [0.1, 0.15) is 0 Å². The lowest BCUT2D eigenvalue weighted by molar-refractivity contribution is 0.195. The number of hydrogen-bond acceptors (Lipinski definition) is 2. The van der Waals surface area contributed by atoms with E-state index in [9.17, 15) is 0 Å². The predicted octanol–water partition coefficient (Wildman–Crippen LogP) is 18.8. The minimum absolute atomic E-state index is 0.0000393. The molecule has 0 saturated heterocycles. The molecule has 0 bridgehead atoms. The fourth-order valence-corrected chi connectivity index (χ4v) is 14.8. The van der Waals surface area contributed by atoms with Gasteiger partial charge in [-0.05, 0) is 202 Å². The van der Waals surface area contributed by atoms with Crippen molar-refractivity contribution in [2.24, 2.45) is 0 Å². The summed E-state index contributed by atoms with van der Waals surface area (Å²) in [5.74, 6) is 0. The number of benzene rings is 9. The fourth-order valence-electron chi connectivity index (χ4n) is 14.8. The van der Waals surface area contributed by atoms with Crippen LogP contribution < -0.4 is 9.80 Å². The average Bonchev–Trinajstić information content (AvgIpc) is 3.74. The zero-order valence-corrected chi connectivity index (χ0v) is 41.9. The van der Waals surface area contributed by atoms with Crippen molar-refractivity contribution >= 4 is 44.3 Å². The van der Waals surface area contributed by atoms with E-state index in [4.69, 9.17) is 0 Å². The SMILES string of the molecule is Cc1cc(-c2ccc3c(-c4ccccc4)c4cc(-c5cc(C)c6c(c5)C5(C)CCCCC5(C)N6c5ccccc5)ccc4c(-c4ccccc4)c3c2)cc2c1N(c1ccccc1)C1(C)CCCCC21C. The molecule has 2 fully saturated rings. The van der Waals surface area contributed by atoms with Gasteiger partial charge in [0, 0.05) is 33.6 Å². The first-order valence-corrected chi connectivity index (χ1v) is 26.2. The summed E-state index contributed by atoms with van der Waals surface area (Å²) in [7, 11) is 0. The second-order valence-electron chi connectivity index (χ2n) is 22.3. The fraction of sp³-hybridized carbons (Fsp3) is 0.265. The Morgan fingerprint density at radius 3 is 1.07 bits per heavy atom. The van der Waals surface area contributed by atoms with Crippen LogP contribution in [0.1, 0.15) is 101 Å². The quantitative estimate of drug-likeness (QED) is 0.153. The molecule has 13 rings (SSSR count). The molecule has 2 aliphatic carbocycles. The summed E-state index contributed by atoms with van der Waals surface area (Å²) in [4.78, 5) is 5.44. The van der Waals surface area contributed by atoms with Crippen LogP contribution in [-0.2, 0) is 10.8 Å². The molecule has 4 aliphatic rings. The topological polar surface area (TPSA) is 6.48 Å². The Morgan fingerprint density at radius 1 is 0.329 bits per heavy atom. The van der Waals surface area contributed by atoms with Crippen LogP contribution in [0.4, 0.5) is 22.7 Å². The Kier molecular flexibility index (Phi) is 9.74. The number of nitrogens with zero attached hydrogens (tertiary/aromatic N) is 2. The van der Waals surface area contributed by atoms with Crippen LogP contribution >= 0.6 is 0 Å². The molecule has 2 saturated carbocycles. The second kappa shape index (κ2) is 15.8. The third kappa shape index (κ3) is 6.04. The van der Waals surface area contributed by atoms with Crippen molar-refractivity contribution in [2.45, 2.75) is 115 Å². The zero-order valence-electron chi connectivity index (χ0n) is 41.9. The minimum Gasteiger partial charge on any atom is -0.334 e. The summed E-state index contributed by atoms with van der Waals surface area (Å²) in [6, 6.07) is 69.6. The van der Waals surface area contributed by atoms with Gasteiger partial charge in [-0.2, -0.15) is 0 Å². The van der Waals surface area contributed by atoms with Gasteiger partial charge in [0.25, 0.3) is 0 Å². The Morgan fingerprint density at radius 2 is 0.686 bits per heavy atom. The van der Waals surface area contributed by atoms with Gasteiger partial charge >= 0.3 is 0 Å². The molecule has 0 aromatic heterocycles. The van der Waals surface area contributed by atoms with Gasteiger partial charge in [0.05, 0.1) is 11.1 Å². The lowest BCUT2D eigenvalue weighted by atomic mass is 9.61. The molecule has 0 amide bonds. The largest absolute Gasteiger partial charge is 0.334 e. The normalized spacial score (nSPS) is 23.6. The lowest BCUT2D eigenvalue weighted by Crippen LogP contribution is -2.54. The summed E-state index contributed by atoms with van der Waals surface area (Å²) in [5, 5.41) is 5.15. The maximum Gasteiger partial charge on any atom is 0.0518 e. The molecular formula is C68H64N2. The number of hydrogen-bond donors (Lipinski definition) is 0. The summed E-state index contributed by atoms with van der Waals surface area (Å²) in [6.07, 6.45) is 9.83. The van der Waals surface area contributed by atoms with Gasteiger partial charge in [0.2, 0.25) is 0 Å². The summed E-state index contributed by atoms with van der Waals surface area (Å²) in [5.41, 5.74) is 21.4. The summed E-state index contributed by atoms with van der Waals surface area (Å²) in [6.45, 7) is 14.9. The van der Waals surface area contributed by atoms with Crippen molar-refractivity contribution in [2.75, 3.05) is 9.80 Å². The van der Waals surface area contributed by atoms with E-state index in [1.165, 1.54) is 162 Å². The van der Waals surface area contributed by atoms with Gasteiger partial charge in [-0.25, -0.2) is 0 Å². The summed E-state index contributed by atoms with van der Waals surface area (Å²) >= 11 is 0. The van der Waals surface area contributed by atoms with Crippen LogP contribution in [0.5, 0.6) is 0 Å². The van der Waals surface area contributed by atoms with Crippen molar-refractivity contribution in [3.63, 3.8) is 0 Å². The molecule has 9 aromatic rings. The highest BCUT2D eigenvalue weighted by molar-refractivity contribution is 6.22. The van der Waals surface area contributed by atoms with Crippen LogP contribution in [0.2, 0.25) is 0 Å². The van der Waals surface area contributed by atoms with Gasteiger partial charge in [-0.15, -0.1) is 0 Å². The molecule has 2 aliphatic heterocycles. The Labute approximate surface area is 415 Å². The van der Waals surface area contributed by atoms with E-state index in [1.54, 1.807) is 0 Å². The van der Waals surface area contributed by atoms with Gasteiger partial charge in [-0.3, -0.25) is 0 Å². The zero-order chi connectivity index (χ0) is 47.6. The highest BCUT2D eigenvalue weighted by Crippen LogP contribution is 2.64. The number of fused-ring (bicyclic) bond motifs is 8. The molecule has 0 radical (unpaired) electrons. The molecule has 2 nitrogen and oxygen atoms in total. The van der Waals surface area contributed by atoms with E-state index >= 15 is 0 Å². The smallest absolute Gasteiger partial charge is 0.0518 e. The van der Waals surface area contributed by atoms with Crippen molar-refractivity contribution in [1.29, 1.82) is 0 Å². The number of anilines is 4. The van der Waals surface area contributed by atoms with Crippen molar-refractivity contribution in [3.05, 3.63) is 204 Å². The molecule has 9 aromatic carbocycles. The predicted molar refractivity (Wildman–Crippen MR) is 298 cm³/mol. The van der Waals surface area contributed by atoms with E-state index in [2.05, 4.69) is 233 Å². The molecule has 4 atom stereocenters. The van der Waals surface area contributed by atoms with Crippen LogP contribution in [-0.4, -0.2) is 11.1 Å². The van der Waals surface area contributed by atoms with E-state index in [0.717, 1.165) is 0 Å². The first-order valence-electron chi connectivity index (χ1n) is 26.2. The highest BCUT2D eigenvalue weighted by Gasteiger charge is 2.59. The first kappa shape index (κ1) is 43.1. The van der Waals surface area contributed by atoms with Gasteiger partial charge in [0.15, 0.2) is 0 Å². The molecule has 0 spiro atoms. The van der Waals surface area contributed by atoms with E-state index in [-0.39, 0.29) is 21.9 Å². The molecule has 346 valence electrons. The lowest BCUT2D eigenvalue weighted by Gasteiger charge is -2.50. The molecular weight excluding hydrogens is 845 g/mol. The highest BCUT2D eigenvalue weighted by atomic mass is 15.3. The maximum atomic E-state index is 2.72. The third-order valence-electron chi connectivity index (χ3n) is 18.7. The van der Waals surface area contributed by atoms with Gasteiger partial charge < -0.3 is 9.80 Å². The van der Waals surface area contributed by atoms with Crippen LogP contribution in [0, 0.1) is 13.8 Å². The van der Waals surface area contributed by atoms with Crippen molar-refractivity contribution in [1.82, 2.24) is 0 Å². The van der Waals surface area contributed by atoms with Crippen LogP contribution in [0.15, 0.2) is 182 Å². The minimum atomic E-state index is -0.0000393. The van der Waals surface area contributed by atoms with Crippen LogP contribution in [0.25, 0.3) is 66.1 Å². The second-order valence-corrected chi connectivity index (χ2v) is 22.3. The molecule has 2 heterocycles. The Hall–Kier alpha value is -6.90. The molecule has 0 N–H and O–H groups in total. The van der Waals surface area contributed by atoms with Gasteiger partial charge in [-0.1, -0.05) is 161 Å². The number of para-hydroxylation sites is 2. The molecule has 2 heteroatoms. The molecule has 70 heavy (non-hydrogen) atoms. The van der Waals surface area contributed by atoms with Crippen molar-refractivity contribution in [3.8, 4) is 44.5 Å². The maximum absolute atomic E-state index is 2.72. The Balaban J connectivity index is 1.02. The Bertz CT molecular complexity index is 3290. The van der Waals surface area contributed by atoms with Crippen molar-refractivity contribution < 1.29 is 0 Å². The standard InChI is InChI=1S/C68H64N2/c1-45-39-51(43-59-63(45)69(53-27-15-9-16-28-53)67(5)37-21-19-35-65(59,67)3)49-31-33-55-57(41-49)61(47-23-11-7-12-24-47)56-34-32-50(42-58(56)62(55)48-25-13-8-14-26-48)52-40-46(2)64-60(44-52)66(4)36-20-22-38-68(66,6)70(64)54-29-17-10-18-30-54/h7-18,23-34,39-44H,19-22,35-38H2,1-6H3. The van der Waals surface area contributed by atoms with Crippen LogP contribution in [0.3, 0.4) is 0 Å². The average molecular weight is 909 g/mol.